The third-order valence-electron chi connectivity index (χ3n) is 3.53. The fourth-order valence-corrected chi connectivity index (χ4v) is 3.02. The van der Waals surface area contributed by atoms with Crippen LogP contribution in [0.3, 0.4) is 0 Å². The Hall–Kier alpha value is -0.980. The van der Waals surface area contributed by atoms with Gasteiger partial charge in [0.2, 0.25) is 5.91 Å². The summed E-state index contributed by atoms with van der Waals surface area (Å²) in [7, 11) is 3.54. The highest BCUT2D eigenvalue weighted by Gasteiger charge is 2.26. The first kappa shape index (κ1) is 14.4. The first-order chi connectivity index (χ1) is 8.95. The van der Waals surface area contributed by atoms with Crippen LogP contribution >= 0.6 is 11.3 Å². The van der Waals surface area contributed by atoms with Crippen molar-refractivity contribution in [2.24, 2.45) is 11.7 Å². The van der Waals surface area contributed by atoms with E-state index < -0.39 is 0 Å². The largest absolute Gasteiger partial charge is 0.348 e. The van der Waals surface area contributed by atoms with Crippen molar-refractivity contribution in [1.82, 2.24) is 14.8 Å². The van der Waals surface area contributed by atoms with Crippen molar-refractivity contribution in [3.05, 3.63) is 16.1 Å². The van der Waals surface area contributed by atoms with Crippen molar-refractivity contribution in [2.45, 2.75) is 25.9 Å². The van der Waals surface area contributed by atoms with Gasteiger partial charge in [-0.05, 0) is 5.92 Å². The van der Waals surface area contributed by atoms with Gasteiger partial charge in [-0.25, -0.2) is 4.98 Å². The van der Waals surface area contributed by atoms with E-state index in [4.69, 9.17) is 5.73 Å². The first-order valence-electron chi connectivity index (χ1n) is 6.57. The van der Waals surface area contributed by atoms with Crippen LogP contribution in [0, 0.1) is 5.92 Å². The Morgan fingerprint density at radius 2 is 2.32 bits per heavy atom. The van der Waals surface area contributed by atoms with Gasteiger partial charge in [0.05, 0.1) is 12.1 Å². The van der Waals surface area contributed by atoms with E-state index in [1.54, 1.807) is 30.3 Å². The maximum Gasteiger partial charge on any atom is 0.228 e. The van der Waals surface area contributed by atoms with Gasteiger partial charge >= 0.3 is 0 Å². The lowest BCUT2D eigenvalue weighted by atomic mass is 10.1. The molecule has 0 aromatic carbocycles. The van der Waals surface area contributed by atoms with E-state index in [1.807, 2.05) is 5.38 Å². The Kier molecular flexibility index (Phi) is 4.54. The number of nitrogens with two attached hydrogens (primary N) is 1. The highest BCUT2D eigenvalue weighted by Crippen LogP contribution is 2.19. The van der Waals surface area contributed by atoms with Crippen LogP contribution in [-0.4, -0.2) is 53.9 Å². The van der Waals surface area contributed by atoms with Crippen molar-refractivity contribution < 1.29 is 4.79 Å². The number of likely N-dealkylation sites (N-methyl/N-ethyl adjacent to an activating group) is 1. The zero-order chi connectivity index (χ0) is 14.0. The molecule has 5 nitrogen and oxygen atoms in total. The number of hydrogen-bond acceptors (Lipinski definition) is 5. The predicted molar refractivity (Wildman–Crippen MR) is 76.9 cm³/mol. The highest BCUT2D eigenvalue weighted by molar-refractivity contribution is 7.09. The molecule has 2 heterocycles. The van der Waals surface area contributed by atoms with Crippen LogP contribution in [0.4, 0.5) is 0 Å². The fraction of sp³-hybridized carbons (Fsp3) is 0.692. The first-order valence-corrected chi connectivity index (χ1v) is 7.45. The minimum Gasteiger partial charge on any atom is -0.348 e. The minimum atomic E-state index is 0.0951. The van der Waals surface area contributed by atoms with Gasteiger partial charge in [0, 0.05) is 45.2 Å². The number of hydrogen-bond donors (Lipinski definition) is 1. The second-order valence-corrected chi connectivity index (χ2v) is 6.48. The van der Waals surface area contributed by atoms with Crippen LogP contribution in [0.5, 0.6) is 0 Å². The zero-order valence-electron chi connectivity index (χ0n) is 11.8. The number of nitrogens with zero attached hydrogens (tertiary/aromatic N) is 3. The maximum atomic E-state index is 11.6. The molecule has 19 heavy (non-hydrogen) atoms. The molecule has 1 aliphatic rings. The quantitative estimate of drug-likeness (QED) is 0.876. The summed E-state index contributed by atoms with van der Waals surface area (Å²) in [4.78, 5) is 20.1. The van der Waals surface area contributed by atoms with E-state index in [0.717, 1.165) is 30.3 Å². The van der Waals surface area contributed by atoms with Crippen LogP contribution in [0.25, 0.3) is 0 Å². The third-order valence-corrected chi connectivity index (χ3v) is 4.43. The second-order valence-electron chi connectivity index (χ2n) is 5.53. The van der Waals surface area contributed by atoms with Crippen molar-refractivity contribution in [3.63, 3.8) is 0 Å². The number of rotatable bonds is 4. The fourth-order valence-electron chi connectivity index (χ4n) is 2.24. The number of likely N-dealkylation sites (tertiary alicyclic amines) is 1. The molecule has 0 aliphatic carbocycles. The predicted octanol–water partition coefficient (Wildman–Crippen LogP) is 0.553. The van der Waals surface area contributed by atoms with Gasteiger partial charge in [-0.1, -0.05) is 6.92 Å². The van der Waals surface area contributed by atoms with Crippen LogP contribution < -0.4 is 5.73 Å². The molecule has 1 aromatic heterocycles. The Morgan fingerprint density at radius 3 is 2.89 bits per heavy atom. The Bertz CT molecular complexity index is 436. The molecule has 1 aromatic rings. The number of carbonyl (C=O) groups is 1. The molecule has 1 amide bonds. The van der Waals surface area contributed by atoms with Crippen LogP contribution in [0.1, 0.15) is 17.6 Å². The smallest absolute Gasteiger partial charge is 0.228 e. The van der Waals surface area contributed by atoms with Crippen LogP contribution in [0.2, 0.25) is 0 Å². The summed E-state index contributed by atoms with van der Waals surface area (Å²) in [5.74, 6) is 0.645. The molecule has 0 radical (unpaired) electrons. The molecular formula is C13H22N4OS. The lowest BCUT2D eigenvalue weighted by Gasteiger charge is -2.13. The number of aromatic nitrogens is 1. The van der Waals surface area contributed by atoms with Crippen molar-refractivity contribution in [1.29, 1.82) is 0 Å². The summed E-state index contributed by atoms with van der Waals surface area (Å²) in [5, 5.41) is 2.94. The van der Waals surface area contributed by atoms with E-state index >= 15 is 0 Å². The summed E-state index contributed by atoms with van der Waals surface area (Å²) < 4.78 is 0. The Labute approximate surface area is 118 Å². The number of carbonyl (C=O) groups excluding carboxylic acids is 1. The number of amides is 1. The molecule has 2 atom stereocenters. The topological polar surface area (TPSA) is 62.5 Å². The summed E-state index contributed by atoms with van der Waals surface area (Å²) in [6, 6.07) is 0.272. The average Bonchev–Trinajstić information content (AvgIpc) is 2.87. The number of thiazole rings is 1. The molecule has 1 aliphatic heterocycles. The zero-order valence-corrected chi connectivity index (χ0v) is 12.6. The molecule has 2 unspecified atom stereocenters. The van der Waals surface area contributed by atoms with Crippen LogP contribution in [0.15, 0.2) is 5.38 Å². The van der Waals surface area contributed by atoms with E-state index in [-0.39, 0.29) is 11.9 Å². The summed E-state index contributed by atoms with van der Waals surface area (Å²) in [6.07, 6.45) is 0.396. The Morgan fingerprint density at radius 1 is 1.58 bits per heavy atom. The van der Waals surface area contributed by atoms with Crippen molar-refractivity contribution in [2.75, 3.05) is 27.2 Å². The highest BCUT2D eigenvalue weighted by atomic mass is 32.1. The molecule has 0 bridgehead atoms. The molecular weight excluding hydrogens is 260 g/mol. The molecule has 0 spiro atoms. The summed E-state index contributed by atoms with van der Waals surface area (Å²) in [6.45, 7) is 4.99. The molecule has 0 saturated carbocycles. The van der Waals surface area contributed by atoms with Gasteiger partial charge in [0.1, 0.15) is 5.01 Å². The van der Waals surface area contributed by atoms with E-state index in [1.165, 1.54) is 0 Å². The maximum absolute atomic E-state index is 11.6. The lowest BCUT2D eigenvalue weighted by molar-refractivity contribution is -0.127. The average molecular weight is 282 g/mol. The van der Waals surface area contributed by atoms with Gasteiger partial charge in [-0.3, -0.25) is 9.69 Å². The van der Waals surface area contributed by atoms with Gasteiger partial charge in [-0.2, -0.15) is 0 Å². The summed E-state index contributed by atoms with van der Waals surface area (Å²) >= 11 is 1.56. The van der Waals surface area contributed by atoms with E-state index in [0.29, 0.717) is 12.3 Å². The molecule has 106 valence electrons. The molecule has 1 saturated heterocycles. The van der Waals surface area contributed by atoms with Crippen molar-refractivity contribution >= 4 is 17.2 Å². The Balaban J connectivity index is 1.89. The monoisotopic (exact) mass is 282 g/mol. The minimum absolute atomic E-state index is 0.0951. The normalized spacial score (nSPS) is 23.8. The summed E-state index contributed by atoms with van der Waals surface area (Å²) in [5.41, 5.74) is 7.07. The van der Waals surface area contributed by atoms with E-state index in [9.17, 15) is 4.79 Å². The molecule has 6 heteroatoms. The second kappa shape index (κ2) is 5.98. The molecule has 1 fully saturated rings. The SMILES string of the molecule is CC1CN(Cc2csc(CC(=O)N(C)C)n2)CC1N. The molecule has 2 rings (SSSR count). The van der Waals surface area contributed by atoms with Gasteiger partial charge in [0.25, 0.3) is 0 Å². The van der Waals surface area contributed by atoms with E-state index in [2.05, 4.69) is 16.8 Å². The van der Waals surface area contributed by atoms with Gasteiger partial charge in [0.15, 0.2) is 0 Å². The van der Waals surface area contributed by atoms with Gasteiger partial charge < -0.3 is 10.6 Å². The molecule has 2 N–H and O–H groups in total. The standard InChI is InChI=1S/C13H22N4OS/c1-9-5-17(7-11(9)14)6-10-8-19-12(15-10)4-13(18)16(2)3/h8-9,11H,4-7,14H2,1-3H3. The van der Waals surface area contributed by atoms with Crippen molar-refractivity contribution in [3.8, 4) is 0 Å². The van der Waals surface area contributed by atoms with Gasteiger partial charge in [-0.15, -0.1) is 11.3 Å². The lowest BCUT2D eigenvalue weighted by Crippen LogP contribution is -2.28. The third kappa shape index (κ3) is 3.75. The van der Waals surface area contributed by atoms with Crippen LogP contribution in [-0.2, 0) is 17.8 Å².